The number of ether oxygens (including phenoxy) is 1. The number of anilines is 2. The molecule has 5 heteroatoms. The molecule has 0 amide bonds. The van der Waals surface area contributed by atoms with Gasteiger partial charge in [-0.2, -0.15) is 0 Å². The number of nitrogens with two attached hydrogens (primary N) is 1. The van der Waals surface area contributed by atoms with Crippen molar-refractivity contribution in [3.8, 4) is 0 Å². The number of esters is 1. The van der Waals surface area contributed by atoms with Gasteiger partial charge in [0.1, 0.15) is 0 Å². The zero-order chi connectivity index (χ0) is 14.2. The van der Waals surface area contributed by atoms with Crippen LogP contribution in [0.5, 0.6) is 0 Å². The summed E-state index contributed by atoms with van der Waals surface area (Å²) >= 11 is 6.19. The van der Waals surface area contributed by atoms with Crippen molar-refractivity contribution < 1.29 is 9.53 Å². The van der Waals surface area contributed by atoms with Crippen molar-refractivity contribution in [2.75, 3.05) is 17.7 Å². The molecule has 1 aliphatic rings. The van der Waals surface area contributed by atoms with Crippen molar-refractivity contribution in [3.05, 3.63) is 22.7 Å². The lowest BCUT2D eigenvalue weighted by Gasteiger charge is -2.15. The first kappa shape index (κ1) is 14.0. The Balaban J connectivity index is 2.32. The van der Waals surface area contributed by atoms with Crippen LogP contribution in [0.25, 0.3) is 0 Å². The lowest BCUT2D eigenvalue weighted by atomic mass is 10.1. The molecule has 0 heterocycles. The van der Waals surface area contributed by atoms with Gasteiger partial charge in [0.2, 0.25) is 0 Å². The maximum absolute atomic E-state index is 12.0. The number of benzene rings is 1. The molecule has 4 nitrogen and oxygen atoms in total. The van der Waals surface area contributed by atoms with Crippen molar-refractivity contribution in [2.24, 2.45) is 5.41 Å². The summed E-state index contributed by atoms with van der Waals surface area (Å²) in [7, 11) is 0. The van der Waals surface area contributed by atoms with E-state index in [1.807, 2.05) is 0 Å². The molecule has 0 spiro atoms. The van der Waals surface area contributed by atoms with E-state index in [0.29, 0.717) is 34.6 Å². The van der Waals surface area contributed by atoms with Crippen LogP contribution >= 0.6 is 11.6 Å². The van der Waals surface area contributed by atoms with Gasteiger partial charge in [-0.25, -0.2) is 4.79 Å². The van der Waals surface area contributed by atoms with Crippen LogP contribution in [0.1, 0.15) is 37.6 Å². The van der Waals surface area contributed by atoms with Gasteiger partial charge in [-0.1, -0.05) is 25.4 Å². The Morgan fingerprint density at radius 1 is 1.58 bits per heavy atom. The molecule has 0 bridgehead atoms. The number of rotatable bonds is 4. The van der Waals surface area contributed by atoms with Gasteiger partial charge in [0.05, 0.1) is 22.9 Å². The lowest BCUT2D eigenvalue weighted by molar-refractivity contribution is 0.0527. The fourth-order valence-corrected chi connectivity index (χ4v) is 2.31. The van der Waals surface area contributed by atoms with Crippen molar-refractivity contribution in [1.82, 2.24) is 0 Å². The Hall–Kier alpha value is -1.42. The molecule has 19 heavy (non-hydrogen) atoms. The molecule has 104 valence electrons. The van der Waals surface area contributed by atoms with E-state index < -0.39 is 5.97 Å². The number of halogens is 1. The van der Waals surface area contributed by atoms with E-state index in [-0.39, 0.29) is 5.41 Å². The largest absolute Gasteiger partial charge is 0.462 e. The molecule has 1 saturated carbocycles. The normalized spacial score (nSPS) is 19.9. The molecule has 0 radical (unpaired) electrons. The van der Waals surface area contributed by atoms with E-state index in [1.54, 1.807) is 19.1 Å². The van der Waals surface area contributed by atoms with Crippen LogP contribution in [0.15, 0.2) is 12.1 Å². The van der Waals surface area contributed by atoms with E-state index >= 15 is 0 Å². The molecule has 1 atom stereocenters. The maximum atomic E-state index is 12.0. The number of hydrogen-bond donors (Lipinski definition) is 2. The summed E-state index contributed by atoms with van der Waals surface area (Å²) in [6.07, 6.45) is 1.05. The molecule has 1 unspecified atom stereocenters. The predicted molar refractivity (Wildman–Crippen MR) is 77.6 cm³/mol. The highest BCUT2D eigenvalue weighted by Crippen LogP contribution is 2.47. The van der Waals surface area contributed by atoms with Crippen LogP contribution < -0.4 is 11.1 Å². The summed E-state index contributed by atoms with van der Waals surface area (Å²) in [6, 6.07) is 3.56. The van der Waals surface area contributed by atoms with Crippen molar-refractivity contribution in [2.45, 2.75) is 33.2 Å². The van der Waals surface area contributed by atoms with Gasteiger partial charge in [-0.15, -0.1) is 0 Å². The summed E-state index contributed by atoms with van der Waals surface area (Å²) in [4.78, 5) is 12.0. The molecule has 3 N–H and O–H groups in total. The summed E-state index contributed by atoms with van der Waals surface area (Å²) < 4.78 is 5.04. The van der Waals surface area contributed by atoms with Crippen LogP contribution in [0, 0.1) is 5.41 Å². The number of nitrogens with one attached hydrogen (secondary N) is 1. The minimum atomic E-state index is -0.405. The highest BCUT2D eigenvalue weighted by molar-refractivity contribution is 6.34. The number of carbonyl (C=O) groups is 1. The third-order valence-electron chi connectivity index (χ3n) is 3.44. The molecule has 0 aromatic heterocycles. The first-order chi connectivity index (χ1) is 8.85. The second-order valence-electron chi connectivity index (χ2n) is 5.54. The van der Waals surface area contributed by atoms with Crippen molar-refractivity contribution >= 4 is 28.9 Å². The summed E-state index contributed by atoms with van der Waals surface area (Å²) in [5, 5.41) is 3.77. The minimum absolute atomic E-state index is 0.233. The molecule has 1 aromatic rings. The zero-order valence-electron chi connectivity index (χ0n) is 11.4. The van der Waals surface area contributed by atoms with E-state index in [9.17, 15) is 4.79 Å². The van der Waals surface area contributed by atoms with Gasteiger partial charge in [0, 0.05) is 11.7 Å². The number of hydrogen-bond acceptors (Lipinski definition) is 4. The van der Waals surface area contributed by atoms with Gasteiger partial charge < -0.3 is 15.8 Å². The molecule has 0 aliphatic heterocycles. The second kappa shape index (κ2) is 4.93. The Labute approximate surface area is 118 Å². The molecule has 2 rings (SSSR count). The minimum Gasteiger partial charge on any atom is -0.462 e. The van der Waals surface area contributed by atoms with Crippen LogP contribution in [-0.2, 0) is 4.74 Å². The van der Waals surface area contributed by atoms with Crippen LogP contribution in [0.2, 0.25) is 5.02 Å². The van der Waals surface area contributed by atoms with Gasteiger partial charge in [0.15, 0.2) is 0 Å². The van der Waals surface area contributed by atoms with Crippen LogP contribution in [-0.4, -0.2) is 18.6 Å². The molecular formula is C14H19ClN2O2. The van der Waals surface area contributed by atoms with Crippen molar-refractivity contribution in [3.63, 3.8) is 0 Å². The average Bonchev–Trinajstić information content (AvgIpc) is 2.90. The van der Waals surface area contributed by atoms with Crippen LogP contribution in [0.3, 0.4) is 0 Å². The Kier molecular flexibility index (Phi) is 3.63. The van der Waals surface area contributed by atoms with Crippen molar-refractivity contribution in [1.29, 1.82) is 0 Å². The lowest BCUT2D eigenvalue weighted by Crippen LogP contribution is -2.14. The first-order valence-electron chi connectivity index (χ1n) is 6.38. The van der Waals surface area contributed by atoms with E-state index in [2.05, 4.69) is 19.2 Å². The smallest absolute Gasteiger partial charge is 0.340 e. The number of carbonyl (C=O) groups excluding carboxylic acids is 1. The predicted octanol–water partition coefficient (Wildman–Crippen LogP) is 3.31. The summed E-state index contributed by atoms with van der Waals surface area (Å²) in [5.41, 5.74) is 7.44. The second-order valence-corrected chi connectivity index (χ2v) is 5.94. The molecule has 0 saturated heterocycles. The molecular weight excluding hydrogens is 264 g/mol. The highest BCUT2D eigenvalue weighted by atomic mass is 35.5. The SMILES string of the molecule is CCOC(=O)c1cc(N)cc(Cl)c1NC1CC1(C)C. The molecule has 1 fully saturated rings. The average molecular weight is 283 g/mol. The zero-order valence-corrected chi connectivity index (χ0v) is 12.2. The van der Waals surface area contributed by atoms with Gasteiger partial charge in [0.25, 0.3) is 0 Å². The van der Waals surface area contributed by atoms with Gasteiger partial charge in [-0.05, 0) is 30.9 Å². The molecule has 1 aliphatic carbocycles. The fourth-order valence-electron chi connectivity index (χ4n) is 2.03. The monoisotopic (exact) mass is 282 g/mol. The first-order valence-corrected chi connectivity index (χ1v) is 6.75. The topological polar surface area (TPSA) is 64.3 Å². The maximum Gasteiger partial charge on any atom is 0.340 e. The van der Waals surface area contributed by atoms with Gasteiger partial charge in [-0.3, -0.25) is 0 Å². The third-order valence-corrected chi connectivity index (χ3v) is 3.74. The third kappa shape index (κ3) is 2.95. The Morgan fingerprint density at radius 2 is 2.21 bits per heavy atom. The van der Waals surface area contributed by atoms with E-state index in [4.69, 9.17) is 22.1 Å². The standard InChI is InChI=1S/C14H19ClN2O2/c1-4-19-13(18)9-5-8(16)6-10(15)12(9)17-11-7-14(11,2)3/h5-6,11,17H,4,7,16H2,1-3H3. The fraction of sp³-hybridized carbons (Fsp3) is 0.500. The highest BCUT2D eigenvalue weighted by Gasteiger charge is 2.46. The summed E-state index contributed by atoms with van der Waals surface area (Å²) in [5.74, 6) is -0.405. The molecule has 1 aromatic carbocycles. The van der Waals surface area contributed by atoms with Gasteiger partial charge >= 0.3 is 5.97 Å². The number of nitrogen functional groups attached to an aromatic ring is 1. The Morgan fingerprint density at radius 3 is 2.74 bits per heavy atom. The summed E-state index contributed by atoms with van der Waals surface area (Å²) in [6.45, 7) is 6.42. The van der Waals surface area contributed by atoms with E-state index in [1.165, 1.54) is 0 Å². The Bertz CT molecular complexity index is 514. The van der Waals surface area contributed by atoms with Crippen LogP contribution in [0.4, 0.5) is 11.4 Å². The quantitative estimate of drug-likeness (QED) is 0.657. The van der Waals surface area contributed by atoms with E-state index in [0.717, 1.165) is 6.42 Å².